The van der Waals surface area contributed by atoms with E-state index in [1.807, 2.05) is 6.20 Å². The molecule has 7 nitrogen and oxygen atoms in total. The second-order valence-electron chi connectivity index (χ2n) is 7.03. The van der Waals surface area contributed by atoms with Crippen molar-refractivity contribution in [1.82, 2.24) is 20.5 Å². The van der Waals surface area contributed by atoms with Crippen LogP contribution in [-0.2, 0) is 11.2 Å². The molecule has 28 heavy (non-hydrogen) atoms. The summed E-state index contributed by atoms with van der Waals surface area (Å²) in [6.07, 6.45) is 6.85. The lowest BCUT2D eigenvalue weighted by Gasteiger charge is -2.30. The summed E-state index contributed by atoms with van der Waals surface area (Å²) in [6.45, 7) is 9.73. The van der Waals surface area contributed by atoms with Crippen LogP contribution in [0.1, 0.15) is 42.5 Å². The number of nitrogens with zero attached hydrogens (tertiary/aromatic N) is 3. The molecule has 160 valence electrons. The van der Waals surface area contributed by atoms with E-state index in [0.717, 1.165) is 82.3 Å². The fourth-order valence-corrected chi connectivity index (χ4v) is 4.01. The number of piperidine rings is 1. The van der Waals surface area contributed by atoms with Crippen LogP contribution < -0.4 is 16.4 Å². The van der Waals surface area contributed by atoms with Crippen LogP contribution in [0, 0.1) is 12.8 Å². The Balaban J connectivity index is 0.00000392. The molecule has 1 amide bonds. The number of rotatable bonds is 10. The average Bonchev–Trinajstić information content (AvgIpc) is 3.07. The van der Waals surface area contributed by atoms with Gasteiger partial charge in [0, 0.05) is 43.0 Å². The Labute approximate surface area is 190 Å². The highest BCUT2D eigenvalue weighted by Crippen LogP contribution is 2.16. The number of nitrogens with two attached hydrogens (primary N) is 1. The maximum absolute atomic E-state index is 11.2. The molecule has 0 aromatic carbocycles. The van der Waals surface area contributed by atoms with Crippen LogP contribution in [0.15, 0.2) is 11.2 Å². The van der Waals surface area contributed by atoms with E-state index in [0.29, 0.717) is 0 Å². The SMILES string of the molecule is CCNC(=NCCCCN1CCC(C(N)=O)CC1)NCCc1ncc(C)s1.I. The molecule has 4 N–H and O–H groups in total. The van der Waals surface area contributed by atoms with Crippen molar-refractivity contribution < 1.29 is 4.79 Å². The quantitative estimate of drug-likeness (QED) is 0.190. The molecule has 2 heterocycles. The Morgan fingerprint density at radius 3 is 2.71 bits per heavy atom. The molecule has 0 unspecified atom stereocenters. The van der Waals surface area contributed by atoms with Crippen molar-refractivity contribution in [3.05, 3.63) is 16.1 Å². The third-order valence-electron chi connectivity index (χ3n) is 4.79. The molecule has 1 aromatic heterocycles. The van der Waals surface area contributed by atoms with E-state index in [4.69, 9.17) is 5.73 Å². The monoisotopic (exact) mass is 522 g/mol. The van der Waals surface area contributed by atoms with Gasteiger partial charge in [-0.05, 0) is 59.2 Å². The zero-order valence-corrected chi connectivity index (χ0v) is 20.2. The number of guanidine groups is 1. The number of aromatic nitrogens is 1. The van der Waals surface area contributed by atoms with Gasteiger partial charge in [-0.1, -0.05) is 0 Å². The van der Waals surface area contributed by atoms with E-state index >= 15 is 0 Å². The number of unbranched alkanes of at least 4 members (excludes halogenated alkanes) is 1. The van der Waals surface area contributed by atoms with E-state index in [1.54, 1.807) is 11.3 Å². The summed E-state index contributed by atoms with van der Waals surface area (Å²) in [7, 11) is 0. The molecule has 1 saturated heterocycles. The van der Waals surface area contributed by atoms with E-state index in [9.17, 15) is 4.79 Å². The van der Waals surface area contributed by atoms with Gasteiger partial charge in [-0.2, -0.15) is 0 Å². The summed E-state index contributed by atoms with van der Waals surface area (Å²) in [5.41, 5.74) is 5.39. The molecular weight excluding hydrogens is 487 g/mol. The zero-order chi connectivity index (χ0) is 19.5. The van der Waals surface area contributed by atoms with Gasteiger partial charge in [-0.25, -0.2) is 4.98 Å². The first-order chi connectivity index (χ1) is 13.1. The first-order valence-electron chi connectivity index (χ1n) is 10.0. The number of halogens is 1. The predicted octanol–water partition coefficient (Wildman–Crippen LogP) is 2.14. The molecule has 1 aliphatic rings. The number of primary amides is 1. The summed E-state index contributed by atoms with van der Waals surface area (Å²) in [6, 6.07) is 0. The van der Waals surface area contributed by atoms with Gasteiger partial charge >= 0.3 is 0 Å². The molecule has 0 spiro atoms. The number of carbonyl (C=O) groups is 1. The molecule has 0 aliphatic carbocycles. The zero-order valence-electron chi connectivity index (χ0n) is 17.1. The molecule has 0 atom stereocenters. The van der Waals surface area contributed by atoms with E-state index in [2.05, 4.69) is 39.4 Å². The van der Waals surface area contributed by atoms with Crippen molar-refractivity contribution in [2.24, 2.45) is 16.6 Å². The number of carbonyl (C=O) groups excluding carboxylic acids is 1. The van der Waals surface area contributed by atoms with E-state index in [1.165, 1.54) is 4.88 Å². The van der Waals surface area contributed by atoms with Gasteiger partial charge < -0.3 is 21.3 Å². The van der Waals surface area contributed by atoms with Gasteiger partial charge in [-0.15, -0.1) is 35.3 Å². The maximum atomic E-state index is 11.2. The predicted molar refractivity (Wildman–Crippen MR) is 128 cm³/mol. The molecule has 9 heteroatoms. The number of hydrogen-bond acceptors (Lipinski definition) is 5. The van der Waals surface area contributed by atoms with Crippen molar-refractivity contribution in [2.75, 3.05) is 39.3 Å². The second kappa shape index (κ2) is 14.1. The number of nitrogens with one attached hydrogen (secondary N) is 2. The Morgan fingerprint density at radius 2 is 2.11 bits per heavy atom. The Bertz CT molecular complexity index is 601. The molecule has 0 saturated carbocycles. The number of aryl methyl sites for hydroxylation is 1. The summed E-state index contributed by atoms with van der Waals surface area (Å²) in [5, 5.41) is 7.85. The summed E-state index contributed by atoms with van der Waals surface area (Å²) in [5.74, 6) is 0.818. The van der Waals surface area contributed by atoms with Crippen molar-refractivity contribution in [1.29, 1.82) is 0 Å². The van der Waals surface area contributed by atoms with Gasteiger partial charge in [0.25, 0.3) is 0 Å². The molecule has 0 bridgehead atoms. The normalized spacial score (nSPS) is 15.9. The van der Waals surface area contributed by atoms with Gasteiger partial charge in [-0.3, -0.25) is 9.79 Å². The smallest absolute Gasteiger partial charge is 0.220 e. The van der Waals surface area contributed by atoms with Crippen molar-refractivity contribution in [2.45, 2.75) is 46.0 Å². The second-order valence-corrected chi connectivity index (χ2v) is 8.35. The number of thiazole rings is 1. The molecule has 1 aromatic rings. The first kappa shape index (κ1) is 25.1. The van der Waals surface area contributed by atoms with Crippen LogP contribution in [-0.4, -0.2) is 61.0 Å². The Morgan fingerprint density at radius 1 is 1.36 bits per heavy atom. The van der Waals surface area contributed by atoms with Gasteiger partial charge in [0.05, 0.1) is 5.01 Å². The van der Waals surface area contributed by atoms with Crippen LogP contribution in [0.5, 0.6) is 0 Å². The lowest BCUT2D eigenvalue weighted by atomic mass is 9.96. The minimum atomic E-state index is -0.141. The van der Waals surface area contributed by atoms with E-state index < -0.39 is 0 Å². The number of aliphatic imine (C=N–C) groups is 1. The van der Waals surface area contributed by atoms with E-state index in [-0.39, 0.29) is 35.8 Å². The largest absolute Gasteiger partial charge is 0.369 e. The summed E-state index contributed by atoms with van der Waals surface area (Å²) in [4.78, 5) is 24.0. The summed E-state index contributed by atoms with van der Waals surface area (Å²) < 4.78 is 0. The third kappa shape index (κ3) is 9.51. The maximum Gasteiger partial charge on any atom is 0.220 e. The van der Waals surface area contributed by atoms with Gasteiger partial charge in [0.2, 0.25) is 5.91 Å². The van der Waals surface area contributed by atoms with Crippen molar-refractivity contribution in [3.63, 3.8) is 0 Å². The van der Waals surface area contributed by atoms with Crippen LogP contribution in [0.25, 0.3) is 0 Å². The molecule has 1 fully saturated rings. The number of likely N-dealkylation sites (tertiary alicyclic amines) is 1. The lowest BCUT2D eigenvalue weighted by molar-refractivity contribution is -0.123. The topological polar surface area (TPSA) is 95.6 Å². The highest BCUT2D eigenvalue weighted by atomic mass is 127. The molecule has 2 rings (SSSR count). The third-order valence-corrected chi connectivity index (χ3v) is 5.76. The summed E-state index contributed by atoms with van der Waals surface area (Å²) >= 11 is 1.75. The van der Waals surface area contributed by atoms with Crippen LogP contribution in [0.3, 0.4) is 0 Å². The first-order valence-corrected chi connectivity index (χ1v) is 10.8. The number of hydrogen-bond donors (Lipinski definition) is 3. The van der Waals surface area contributed by atoms with Crippen LogP contribution in [0.2, 0.25) is 0 Å². The fraction of sp³-hybridized carbons (Fsp3) is 0.737. The Kier molecular flexibility index (Phi) is 12.6. The lowest BCUT2D eigenvalue weighted by Crippen LogP contribution is -2.39. The van der Waals surface area contributed by atoms with Crippen molar-refractivity contribution >= 4 is 47.2 Å². The van der Waals surface area contributed by atoms with Gasteiger partial charge in [0.1, 0.15) is 0 Å². The standard InChI is InChI=1S/C19H34N6OS.HI/c1-3-21-19(23-10-6-17-24-14-15(2)27-17)22-9-4-5-11-25-12-7-16(8-13-25)18(20)26;/h14,16H,3-13H2,1-2H3,(H2,20,26)(H2,21,22,23);1H. The van der Waals surface area contributed by atoms with Crippen molar-refractivity contribution in [3.8, 4) is 0 Å². The minimum absolute atomic E-state index is 0. The average molecular weight is 523 g/mol. The highest BCUT2D eigenvalue weighted by Gasteiger charge is 2.22. The highest BCUT2D eigenvalue weighted by molar-refractivity contribution is 14.0. The minimum Gasteiger partial charge on any atom is -0.369 e. The fourth-order valence-electron chi connectivity index (χ4n) is 3.23. The molecule has 0 radical (unpaired) electrons. The van der Waals surface area contributed by atoms with Crippen LogP contribution >= 0.6 is 35.3 Å². The number of amides is 1. The van der Waals surface area contributed by atoms with Crippen LogP contribution in [0.4, 0.5) is 0 Å². The van der Waals surface area contributed by atoms with Gasteiger partial charge in [0.15, 0.2) is 5.96 Å². The Hall–Kier alpha value is -0.940. The molecular formula is C19H35IN6OS. The molecule has 1 aliphatic heterocycles.